The summed E-state index contributed by atoms with van der Waals surface area (Å²) in [5, 5.41) is 2.90. The van der Waals surface area contributed by atoms with Crippen LogP contribution in [-0.4, -0.2) is 75.2 Å². The summed E-state index contributed by atoms with van der Waals surface area (Å²) >= 11 is 0. The van der Waals surface area contributed by atoms with Gasteiger partial charge in [-0.2, -0.15) is 0 Å². The van der Waals surface area contributed by atoms with E-state index in [4.69, 9.17) is 4.74 Å². The number of ether oxygens (including phenoxy) is 1. The SMILES string of the molecule is CC(C)NC(=O)N(C)C[C@H]1Oc2ccc(N(C)C)cc2CC(=O)N(C)C[C@@H]1C. The summed E-state index contributed by atoms with van der Waals surface area (Å²) in [5.74, 6) is 0.852. The number of nitrogens with zero attached hydrogens (tertiary/aromatic N) is 3. The van der Waals surface area contributed by atoms with Crippen molar-refractivity contribution in [2.45, 2.75) is 39.3 Å². The lowest BCUT2D eigenvalue weighted by Crippen LogP contribution is -2.48. The predicted octanol–water partition coefficient (Wildman–Crippen LogP) is 2.20. The fourth-order valence-electron chi connectivity index (χ4n) is 3.25. The van der Waals surface area contributed by atoms with Crippen LogP contribution in [0.15, 0.2) is 18.2 Å². The lowest BCUT2D eigenvalue weighted by molar-refractivity contribution is -0.129. The first-order valence-corrected chi connectivity index (χ1v) is 9.81. The van der Waals surface area contributed by atoms with Crippen molar-refractivity contribution in [3.63, 3.8) is 0 Å². The molecule has 1 heterocycles. The van der Waals surface area contributed by atoms with Gasteiger partial charge in [0, 0.05) is 57.9 Å². The maximum Gasteiger partial charge on any atom is 0.317 e. The fraction of sp³-hybridized carbons (Fsp3) is 0.619. The molecule has 0 saturated heterocycles. The normalized spacial score (nSPS) is 19.9. The Morgan fingerprint density at radius 3 is 2.61 bits per heavy atom. The van der Waals surface area contributed by atoms with Gasteiger partial charge >= 0.3 is 6.03 Å². The first kappa shape index (κ1) is 21.9. The second-order valence-electron chi connectivity index (χ2n) is 8.26. The Balaban J connectivity index is 2.30. The van der Waals surface area contributed by atoms with Crippen molar-refractivity contribution in [3.05, 3.63) is 23.8 Å². The zero-order chi connectivity index (χ0) is 21.0. The summed E-state index contributed by atoms with van der Waals surface area (Å²) in [6.07, 6.45) is 0.0802. The minimum Gasteiger partial charge on any atom is -0.488 e. The van der Waals surface area contributed by atoms with Gasteiger partial charge in [-0.25, -0.2) is 4.79 Å². The van der Waals surface area contributed by atoms with E-state index in [0.29, 0.717) is 25.3 Å². The summed E-state index contributed by atoms with van der Waals surface area (Å²) in [6.45, 7) is 6.95. The van der Waals surface area contributed by atoms with E-state index in [2.05, 4.69) is 12.2 Å². The summed E-state index contributed by atoms with van der Waals surface area (Å²) < 4.78 is 6.37. The van der Waals surface area contributed by atoms with Gasteiger partial charge in [-0.1, -0.05) is 6.92 Å². The second kappa shape index (κ2) is 9.17. The smallest absolute Gasteiger partial charge is 0.317 e. The van der Waals surface area contributed by atoms with Gasteiger partial charge in [-0.3, -0.25) is 4.79 Å². The van der Waals surface area contributed by atoms with Crippen molar-refractivity contribution < 1.29 is 14.3 Å². The molecule has 1 aromatic carbocycles. The summed E-state index contributed by atoms with van der Waals surface area (Å²) in [5.41, 5.74) is 1.89. The standard InChI is InChI=1S/C21H34N4O3/c1-14(2)22-21(27)25(7)13-19-15(3)12-24(6)20(26)11-16-10-17(23(4)5)8-9-18(16)28-19/h8-10,14-15,19H,11-13H2,1-7H3,(H,22,27)/t15-,19+/m0/s1. The number of hydrogen-bond donors (Lipinski definition) is 1. The topological polar surface area (TPSA) is 65.1 Å². The van der Waals surface area contributed by atoms with Crippen LogP contribution in [0.1, 0.15) is 26.3 Å². The molecule has 2 atom stereocenters. The number of benzene rings is 1. The van der Waals surface area contributed by atoms with E-state index in [-0.39, 0.29) is 30.0 Å². The molecule has 0 saturated carbocycles. The van der Waals surface area contributed by atoms with Crippen LogP contribution in [0.5, 0.6) is 5.75 Å². The molecule has 28 heavy (non-hydrogen) atoms. The molecule has 0 aliphatic carbocycles. The monoisotopic (exact) mass is 390 g/mol. The van der Waals surface area contributed by atoms with E-state index in [1.165, 1.54) is 0 Å². The van der Waals surface area contributed by atoms with E-state index in [1.54, 1.807) is 16.8 Å². The maximum absolute atomic E-state index is 12.6. The molecular formula is C21H34N4O3. The average molecular weight is 391 g/mol. The third-order valence-corrected chi connectivity index (χ3v) is 5.02. The Morgan fingerprint density at radius 1 is 1.32 bits per heavy atom. The highest BCUT2D eigenvalue weighted by atomic mass is 16.5. The zero-order valence-corrected chi connectivity index (χ0v) is 18.2. The van der Waals surface area contributed by atoms with Crippen molar-refractivity contribution in [3.8, 4) is 5.75 Å². The second-order valence-corrected chi connectivity index (χ2v) is 8.26. The molecule has 7 heteroatoms. The van der Waals surface area contributed by atoms with Crippen LogP contribution in [0.3, 0.4) is 0 Å². The van der Waals surface area contributed by atoms with Crippen molar-refractivity contribution in [2.24, 2.45) is 5.92 Å². The summed E-state index contributed by atoms with van der Waals surface area (Å²) in [7, 11) is 7.54. The molecule has 0 spiro atoms. The van der Waals surface area contributed by atoms with Crippen LogP contribution in [0.25, 0.3) is 0 Å². The number of carbonyl (C=O) groups excluding carboxylic acids is 2. The molecular weight excluding hydrogens is 356 g/mol. The number of hydrogen-bond acceptors (Lipinski definition) is 4. The van der Waals surface area contributed by atoms with Gasteiger partial charge in [0.2, 0.25) is 5.91 Å². The Morgan fingerprint density at radius 2 is 2.00 bits per heavy atom. The largest absolute Gasteiger partial charge is 0.488 e. The van der Waals surface area contributed by atoms with E-state index >= 15 is 0 Å². The Hall–Kier alpha value is -2.44. The molecule has 1 aromatic rings. The third-order valence-electron chi connectivity index (χ3n) is 5.02. The average Bonchev–Trinajstić information content (AvgIpc) is 2.64. The van der Waals surface area contributed by atoms with E-state index < -0.39 is 0 Å². The first-order valence-electron chi connectivity index (χ1n) is 9.81. The first-order chi connectivity index (χ1) is 13.1. The molecule has 1 N–H and O–H groups in total. The summed E-state index contributed by atoms with van der Waals surface area (Å²) in [4.78, 5) is 30.4. The van der Waals surface area contributed by atoms with Gasteiger partial charge in [0.1, 0.15) is 11.9 Å². The predicted molar refractivity (Wildman–Crippen MR) is 112 cm³/mol. The lowest BCUT2D eigenvalue weighted by atomic mass is 10.0. The van der Waals surface area contributed by atoms with E-state index in [0.717, 1.165) is 11.3 Å². The van der Waals surface area contributed by atoms with Gasteiger partial charge in [0.25, 0.3) is 0 Å². The highest BCUT2D eigenvalue weighted by molar-refractivity contribution is 5.80. The molecule has 1 aliphatic rings. The van der Waals surface area contributed by atoms with Crippen molar-refractivity contribution in [1.29, 1.82) is 0 Å². The number of anilines is 1. The zero-order valence-electron chi connectivity index (χ0n) is 18.2. The van der Waals surface area contributed by atoms with Crippen molar-refractivity contribution in [1.82, 2.24) is 15.1 Å². The molecule has 0 aromatic heterocycles. The number of carbonyl (C=O) groups is 2. The van der Waals surface area contributed by atoms with E-state index in [9.17, 15) is 9.59 Å². The number of amides is 3. The van der Waals surface area contributed by atoms with Crippen LogP contribution in [0.2, 0.25) is 0 Å². The molecule has 0 radical (unpaired) electrons. The number of nitrogens with one attached hydrogen (secondary N) is 1. The highest BCUT2D eigenvalue weighted by Gasteiger charge is 2.29. The minimum atomic E-state index is -0.222. The number of urea groups is 1. The van der Waals surface area contributed by atoms with Gasteiger partial charge in [0.05, 0.1) is 13.0 Å². The maximum atomic E-state index is 12.6. The number of fused-ring (bicyclic) bond motifs is 1. The lowest BCUT2D eigenvalue weighted by Gasteiger charge is -2.31. The third kappa shape index (κ3) is 5.53. The van der Waals surface area contributed by atoms with Crippen LogP contribution in [0, 0.1) is 5.92 Å². The highest BCUT2D eigenvalue weighted by Crippen LogP contribution is 2.29. The fourth-order valence-corrected chi connectivity index (χ4v) is 3.25. The quantitative estimate of drug-likeness (QED) is 0.856. The Bertz CT molecular complexity index is 705. The van der Waals surface area contributed by atoms with Crippen LogP contribution in [0.4, 0.5) is 10.5 Å². The Kier molecular flexibility index (Phi) is 7.16. The van der Waals surface area contributed by atoms with E-state index in [1.807, 2.05) is 58.1 Å². The molecule has 0 fully saturated rings. The number of rotatable bonds is 4. The van der Waals surface area contributed by atoms with Crippen LogP contribution < -0.4 is 15.0 Å². The minimum absolute atomic E-state index is 0.0687. The Labute approximate surface area is 168 Å². The van der Waals surface area contributed by atoms with Gasteiger partial charge in [-0.15, -0.1) is 0 Å². The van der Waals surface area contributed by atoms with Gasteiger partial charge < -0.3 is 24.8 Å². The van der Waals surface area contributed by atoms with Gasteiger partial charge in [0.15, 0.2) is 0 Å². The molecule has 7 nitrogen and oxygen atoms in total. The molecule has 2 rings (SSSR count). The van der Waals surface area contributed by atoms with Gasteiger partial charge in [-0.05, 0) is 32.0 Å². The van der Waals surface area contributed by atoms with Crippen LogP contribution in [-0.2, 0) is 11.2 Å². The molecule has 0 bridgehead atoms. The summed E-state index contributed by atoms with van der Waals surface area (Å²) in [6, 6.07) is 5.86. The molecule has 1 aliphatic heterocycles. The van der Waals surface area contributed by atoms with Crippen molar-refractivity contribution in [2.75, 3.05) is 46.2 Å². The number of likely N-dealkylation sites (N-methyl/N-ethyl adjacent to an activating group) is 2. The molecule has 3 amide bonds. The van der Waals surface area contributed by atoms with Crippen LogP contribution >= 0.6 is 0 Å². The molecule has 156 valence electrons. The molecule has 0 unspecified atom stereocenters. The van der Waals surface area contributed by atoms with Crippen molar-refractivity contribution >= 4 is 17.6 Å².